The lowest BCUT2D eigenvalue weighted by Crippen LogP contribution is -2.37. The number of ether oxygens (including phenoxy) is 1. The van der Waals surface area contributed by atoms with Gasteiger partial charge in [0.2, 0.25) is 6.10 Å². The first-order valence-electron chi connectivity index (χ1n) is 10.1. The van der Waals surface area contributed by atoms with Crippen molar-refractivity contribution in [2.75, 3.05) is 6.54 Å². The van der Waals surface area contributed by atoms with Crippen LogP contribution in [0, 0.1) is 18.6 Å². The Morgan fingerprint density at radius 2 is 1.63 bits per heavy atom. The molecule has 154 valence electrons. The Kier molecular flexibility index (Phi) is 5.79. The maximum atomic E-state index is 14.4. The van der Waals surface area contributed by atoms with Crippen LogP contribution in [-0.2, 0) is 4.79 Å². The van der Waals surface area contributed by atoms with Gasteiger partial charge in [0.1, 0.15) is 5.82 Å². The van der Waals surface area contributed by atoms with Crippen LogP contribution in [0.2, 0.25) is 0 Å². The summed E-state index contributed by atoms with van der Waals surface area (Å²) in [6.45, 7) is 2.45. The van der Waals surface area contributed by atoms with E-state index in [1.807, 2.05) is 31.2 Å². The second-order valence-electron chi connectivity index (χ2n) is 7.55. The number of carbonyl (C=O) groups is 1. The van der Waals surface area contributed by atoms with E-state index in [4.69, 9.17) is 4.74 Å². The molecule has 1 aliphatic rings. The van der Waals surface area contributed by atoms with Gasteiger partial charge in [0.15, 0.2) is 11.6 Å². The summed E-state index contributed by atoms with van der Waals surface area (Å²) < 4.78 is 34.6. The number of likely N-dealkylation sites (tertiary alicyclic amines) is 1. The van der Waals surface area contributed by atoms with Gasteiger partial charge in [-0.2, -0.15) is 0 Å². The number of carbonyl (C=O) groups excluding carboxylic acids is 1. The summed E-state index contributed by atoms with van der Waals surface area (Å²) in [4.78, 5) is 15.3. The van der Waals surface area contributed by atoms with Crippen LogP contribution >= 0.6 is 0 Å². The van der Waals surface area contributed by atoms with Crippen molar-refractivity contribution in [1.82, 2.24) is 4.90 Å². The van der Waals surface area contributed by atoms with Gasteiger partial charge in [-0.1, -0.05) is 60.2 Å². The first-order valence-corrected chi connectivity index (χ1v) is 10.1. The molecule has 0 spiro atoms. The van der Waals surface area contributed by atoms with Crippen LogP contribution in [0.1, 0.15) is 41.7 Å². The van der Waals surface area contributed by atoms with E-state index in [-0.39, 0.29) is 23.5 Å². The van der Waals surface area contributed by atoms with Crippen molar-refractivity contribution in [3.05, 3.63) is 101 Å². The Morgan fingerprint density at radius 1 is 0.967 bits per heavy atom. The highest BCUT2D eigenvalue weighted by Crippen LogP contribution is 2.36. The third-order valence-corrected chi connectivity index (χ3v) is 5.49. The first kappa shape index (κ1) is 20.1. The lowest BCUT2D eigenvalue weighted by Gasteiger charge is -2.30. The summed E-state index contributed by atoms with van der Waals surface area (Å²) in [6.07, 6.45) is 0.424. The zero-order valence-corrected chi connectivity index (χ0v) is 16.7. The molecular formula is C25H23F2NO2. The second kappa shape index (κ2) is 8.66. The van der Waals surface area contributed by atoms with E-state index in [0.29, 0.717) is 24.1 Å². The summed E-state index contributed by atoms with van der Waals surface area (Å²) in [5.74, 6) is -1.15. The van der Waals surface area contributed by atoms with Crippen LogP contribution < -0.4 is 4.74 Å². The van der Waals surface area contributed by atoms with Crippen LogP contribution in [0.4, 0.5) is 8.78 Å². The summed E-state index contributed by atoms with van der Waals surface area (Å²) in [7, 11) is 0. The first-order chi connectivity index (χ1) is 14.5. The Labute approximate surface area is 174 Å². The van der Waals surface area contributed by atoms with Gasteiger partial charge in [-0.05, 0) is 38.0 Å². The van der Waals surface area contributed by atoms with Gasteiger partial charge in [-0.3, -0.25) is 4.79 Å². The Hall–Kier alpha value is -3.21. The van der Waals surface area contributed by atoms with E-state index >= 15 is 0 Å². The zero-order chi connectivity index (χ0) is 21.1. The molecule has 0 saturated carbocycles. The topological polar surface area (TPSA) is 29.5 Å². The van der Waals surface area contributed by atoms with Crippen LogP contribution in [-0.4, -0.2) is 17.4 Å². The molecule has 3 aromatic carbocycles. The predicted octanol–water partition coefficient (Wildman–Crippen LogP) is 5.76. The van der Waals surface area contributed by atoms with Crippen molar-refractivity contribution < 1.29 is 18.3 Å². The van der Waals surface area contributed by atoms with Crippen LogP contribution in [0.5, 0.6) is 5.75 Å². The van der Waals surface area contributed by atoms with Gasteiger partial charge in [-0.15, -0.1) is 0 Å². The molecule has 30 heavy (non-hydrogen) atoms. The van der Waals surface area contributed by atoms with Gasteiger partial charge in [-0.25, -0.2) is 8.78 Å². The number of amides is 1. The smallest absolute Gasteiger partial charge is 0.268 e. The van der Waals surface area contributed by atoms with Crippen molar-refractivity contribution in [2.45, 2.75) is 31.9 Å². The third-order valence-electron chi connectivity index (χ3n) is 5.49. The standard InChI is InChI=1S/C25H23F2NO2/c1-17-12-14-18(15-13-17)24(30-23-11-5-4-9-21(23)27)25(29)28-16-6-10-22(28)19-7-2-3-8-20(19)26/h2-5,7-9,11-15,22,24H,6,10,16H2,1H3. The number of para-hydroxylation sites is 1. The minimum atomic E-state index is -1.02. The molecule has 3 nitrogen and oxygen atoms in total. The number of benzene rings is 3. The molecular weight excluding hydrogens is 384 g/mol. The molecule has 4 rings (SSSR count). The van der Waals surface area contributed by atoms with E-state index < -0.39 is 11.9 Å². The minimum Gasteiger partial charge on any atom is -0.473 e. The molecule has 3 aromatic rings. The lowest BCUT2D eigenvalue weighted by molar-refractivity contribution is -0.140. The molecule has 0 N–H and O–H groups in total. The number of nitrogens with zero attached hydrogens (tertiary/aromatic N) is 1. The highest BCUT2D eigenvalue weighted by molar-refractivity contribution is 5.83. The maximum Gasteiger partial charge on any atom is 0.268 e. The van der Waals surface area contributed by atoms with E-state index in [9.17, 15) is 13.6 Å². The number of hydrogen-bond donors (Lipinski definition) is 0. The molecule has 5 heteroatoms. The van der Waals surface area contributed by atoms with Crippen molar-refractivity contribution in [2.24, 2.45) is 0 Å². The third kappa shape index (κ3) is 4.06. The SMILES string of the molecule is Cc1ccc(C(Oc2ccccc2F)C(=O)N2CCCC2c2ccccc2F)cc1. The average molecular weight is 407 g/mol. The fraction of sp³-hybridized carbons (Fsp3) is 0.240. The highest BCUT2D eigenvalue weighted by Gasteiger charge is 2.37. The van der Waals surface area contributed by atoms with Crippen molar-refractivity contribution >= 4 is 5.91 Å². The van der Waals surface area contributed by atoms with Crippen LogP contribution in [0.15, 0.2) is 72.8 Å². The number of aryl methyl sites for hydroxylation is 1. The minimum absolute atomic E-state index is 0.0121. The van der Waals surface area contributed by atoms with Gasteiger partial charge in [0.25, 0.3) is 5.91 Å². The molecule has 2 atom stereocenters. The lowest BCUT2D eigenvalue weighted by atomic mass is 10.0. The van der Waals surface area contributed by atoms with Crippen LogP contribution in [0.25, 0.3) is 0 Å². The van der Waals surface area contributed by atoms with Gasteiger partial charge in [0, 0.05) is 17.7 Å². The predicted molar refractivity (Wildman–Crippen MR) is 111 cm³/mol. The molecule has 1 fully saturated rings. The number of hydrogen-bond acceptors (Lipinski definition) is 2. The molecule has 1 heterocycles. The molecule has 0 bridgehead atoms. The van der Waals surface area contributed by atoms with Crippen molar-refractivity contribution in [1.29, 1.82) is 0 Å². The Morgan fingerprint density at radius 3 is 2.33 bits per heavy atom. The quantitative estimate of drug-likeness (QED) is 0.538. The van der Waals surface area contributed by atoms with Gasteiger partial charge in [0.05, 0.1) is 6.04 Å². The molecule has 1 amide bonds. The molecule has 1 saturated heterocycles. The molecule has 1 aliphatic heterocycles. The maximum absolute atomic E-state index is 14.4. The van der Waals surface area contributed by atoms with Crippen molar-refractivity contribution in [3.8, 4) is 5.75 Å². The zero-order valence-electron chi connectivity index (χ0n) is 16.7. The van der Waals surface area contributed by atoms with E-state index in [1.54, 1.807) is 35.2 Å². The average Bonchev–Trinajstić information content (AvgIpc) is 3.23. The fourth-order valence-electron chi connectivity index (χ4n) is 3.92. The summed E-state index contributed by atoms with van der Waals surface area (Å²) >= 11 is 0. The summed E-state index contributed by atoms with van der Waals surface area (Å²) in [5, 5.41) is 0. The molecule has 0 radical (unpaired) electrons. The summed E-state index contributed by atoms with van der Waals surface area (Å²) in [5.41, 5.74) is 2.17. The Balaban J connectivity index is 1.69. The van der Waals surface area contributed by atoms with E-state index in [1.165, 1.54) is 18.2 Å². The Bertz CT molecular complexity index is 1040. The molecule has 0 aliphatic carbocycles. The van der Waals surface area contributed by atoms with Crippen LogP contribution in [0.3, 0.4) is 0 Å². The fourth-order valence-corrected chi connectivity index (χ4v) is 3.92. The summed E-state index contributed by atoms with van der Waals surface area (Å²) in [6, 6.07) is 19.6. The van der Waals surface area contributed by atoms with Crippen molar-refractivity contribution in [3.63, 3.8) is 0 Å². The van der Waals surface area contributed by atoms with E-state index in [0.717, 1.165) is 12.0 Å². The number of halogens is 2. The largest absolute Gasteiger partial charge is 0.473 e. The van der Waals surface area contributed by atoms with Gasteiger partial charge < -0.3 is 9.64 Å². The molecule has 0 aromatic heterocycles. The van der Waals surface area contributed by atoms with E-state index in [2.05, 4.69) is 0 Å². The molecule has 2 unspecified atom stereocenters. The normalized spacial score (nSPS) is 17.0. The second-order valence-corrected chi connectivity index (χ2v) is 7.55. The highest BCUT2D eigenvalue weighted by atomic mass is 19.1. The van der Waals surface area contributed by atoms with Gasteiger partial charge >= 0.3 is 0 Å². The monoisotopic (exact) mass is 407 g/mol. The number of rotatable bonds is 5.